The highest BCUT2D eigenvalue weighted by Gasteiger charge is 2.23. The van der Waals surface area contributed by atoms with Gasteiger partial charge in [0.1, 0.15) is 10.7 Å². The van der Waals surface area contributed by atoms with Crippen LogP contribution in [0.25, 0.3) is 21.3 Å². The first-order valence-electron chi connectivity index (χ1n) is 9.66. The second-order valence-corrected chi connectivity index (χ2v) is 8.18. The predicted molar refractivity (Wildman–Crippen MR) is 117 cm³/mol. The van der Waals surface area contributed by atoms with Gasteiger partial charge in [-0.2, -0.15) is 0 Å². The number of aromatic nitrogens is 4. The van der Waals surface area contributed by atoms with Crippen LogP contribution in [0.4, 0.5) is 0 Å². The number of H-pyrrole nitrogens is 1. The number of aryl methyl sites for hydroxylation is 1. The Hall–Kier alpha value is -3.33. The number of nitrogens with one attached hydrogen (secondary N) is 1. The van der Waals surface area contributed by atoms with E-state index in [9.17, 15) is 14.4 Å². The van der Waals surface area contributed by atoms with E-state index < -0.39 is 11.2 Å². The monoisotopic (exact) mass is 423 g/mol. The third kappa shape index (κ3) is 3.41. The average molecular weight is 423 g/mol. The lowest BCUT2D eigenvalue weighted by molar-refractivity contribution is 0.0742. The maximum absolute atomic E-state index is 13.1. The zero-order chi connectivity index (χ0) is 21.4. The first kappa shape index (κ1) is 20.0. The summed E-state index contributed by atoms with van der Waals surface area (Å²) in [5, 5.41) is 1.05. The van der Waals surface area contributed by atoms with Gasteiger partial charge in [0.25, 0.3) is 11.5 Å². The van der Waals surface area contributed by atoms with Crippen molar-refractivity contribution in [3.05, 3.63) is 67.9 Å². The van der Waals surface area contributed by atoms with Crippen molar-refractivity contribution in [3.63, 3.8) is 0 Å². The van der Waals surface area contributed by atoms with Crippen molar-refractivity contribution in [3.8, 4) is 0 Å². The van der Waals surface area contributed by atoms with E-state index in [1.54, 1.807) is 23.3 Å². The summed E-state index contributed by atoms with van der Waals surface area (Å²) in [6.07, 6.45) is 2.13. The first-order valence-corrected chi connectivity index (χ1v) is 10.5. The number of benzene rings is 1. The smallest absolute Gasteiger partial charge is 0.329 e. The number of thiazole rings is 1. The molecule has 1 unspecified atom stereocenters. The van der Waals surface area contributed by atoms with E-state index in [2.05, 4.69) is 15.0 Å². The molecule has 0 aliphatic heterocycles. The van der Waals surface area contributed by atoms with Gasteiger partial charge in [0, 0.05) is 19.8 Å². The van der Waals surface area contributed by atoms with Crippen molar-refractivity contribution in [2.24, 2.45) is 0 Å². The van der Waals surface area contributed by atoms with Crippen LogP contribution < -0.4 is 11.2 Å². The number of rotatable bonds is 5. The maximum atomic E-state index is 13.1. The molecule has 0 spiro atoms. The fourth-order valence-electron chi connectivity index (χ4n) is 3.33. The van der Waals surface area contributed by atoms with Crippen LogP contribution in [-0.2, 0) is 6.54 Å². The largest absolute Gasteiger partial charge is 0.332 e. The molecule has 1 N–H and O–H groups in total. The van der Waals surface area contributed by atoms with E-state index in [0.29, 0.717) is 13.0 Å². The molecule has 30 heavy (non-hydrogen) atoms. The van der Waals surface area contributed by atoms with Gasteiger partial charge in [-0.05, 0) is 31.5 Å². The molecule has 8 nitrogen and oxygen atoms in total. The number of carbonyl (C=O) groups excluding carboxylic acids is 1. The van der Waals surface area contributed by atoms with Crippen LogP contribution in [0, 0.1) is 0 Å². The molecule has 3 aromatic heterocycles. The molecular formula is C21H21N5O3S. The standard InChI is InChI=1S/C21H21N5O3S/c1-4-9-26-17-14(18(27)24-21(26)29)10-13(11-22-17)20(28)25(3)12(2)19-23-15-7-5-6-8-16(15)30-19/h5-8,10-12H,4,9H2,1-3H3,(H,24,27,29). The van der Waals surface area contributed by atoms with E-state index in [1.165, 1.54) is 16.8 Å². The number of carbonyl (C=O) groups is 1. The molecule has 0 radical (unpaired) electrons. The number of pyridine rings is 1. The van der Waals surface area contributed by atoms with Gasteiger partial charge in [-0.15, -0.1) is 11.3 Å². The van der Waals surface area contributed by atoms with Crippen molar-refractivity contribution in [1.29, 1.82) is 0 Å². The molecule has 0 aliphatic rings. The van der Waals surface area contributed by atoms with E-state index >= 15 is 0 Å². The summed E-state index contributed by atoms with van der Waals surface area (Å²) in [6.45, 7) is 4.27. The molecule has 4 aromatic rings. The van der Waals surface area contributed by atoms with Crippen molar-refractivity contribution in [1.82, 2.24) is 24.4 Å². The van der Waals surface area contributed by atoms with Gasteiger partial charge in [-0.1, -0.05) is 19.1 Å². The average Bonchev–Trinajstić information content (AvgIpc) is 3.19. The third-order valence-corrected chi connectivity index (χ3v) is 6.30. The topological polar surface area (TPSA) is 101 Å². The Morgan fingerprint density at radius 2 is 2.07 bits per heavy atom. The van der Waals surface area contributed by atoms with Gasteiger partial charge in [-0.3, -0.25) is 19.1 Å². The molecular weight excluding hydrogens is 402 g/mol. The Kier molecular flexibility index (Phi) is 5.21. The molecule has 1 amide bonds. The Morgan fingerprint density at radius 1 is 1.30 bits per heavy atom. The van der Waals surface area contributed by atoms with Gasteiger partial charge in [0.2, 0.25) is 0 Å². The second kappa shape index (κ2) is 7.83. The highest BCUT2D eigenvalue weighted by atomic mass is 32.1. The summed E-state index contributed by atoms with van der Waals surface area (Å²) in [7, 11) is 1.70. The Labute approximate surface area is 175 Å². The normalized spacial score (nSPS) is 12.4. The van der Waals surface area contributed by atoms with Gasteiger partial charge >= 0.3 is 5.69 Å². The van der Waals surface area contributed by atoms with Crippen molar-refractivity contribution < 1.29 is 4.79 Å². The van der Waals surface area contributed by atoms with Gasteiger partial charge < -0.3 is 4.90 Å². The fourth-order valence-corrected chi connectivity index (χ4v) is 4.39. The number of nitrogens with zero attached hydrogens (tertiary/aromatic N) is 4. The Bertz CT molecular complexity index is 1340. The molecule has 9 heteroatoms. The number of para-hydroxylation sites is 1. The summed E-state index contributed by atoms with van der Waals surface area (Å²) in [5.41, 5.74) is 0.418. The number of aromatic amines is 1. The molecule has 4 rings (SSSR count). The SMILES string of the molecule is CCCn1c(=O)[nH]c(=O)c2cc(C(=O)N(C)C(C)c3nc4ccccc4s3)cnc21. The van der Waals surface area contributed by atoms with Crippen LogP contribution in [0.3, 0.4) is 0 Å². The Morgan fingerprint density at radius 3 is 2.80 bits per heavy atom. The summed E-state index contributed by atoms with van der Waals surface area (Å²) in [5.74, 6) is -0.274. The zero-order valence-electron chi connectivity index (χ0n) is 16.9. The Balaban J connectivity index is 1.69. The highest BCUT2D eigenvalue weighted by molar-refractivity contribution is 7.18. The molecule has 0 bridgehead atoms. The number of amides is 1. The summed E-state index contributed by atoms with van der Waals surface area (Å²) in [4.78, 5) is 50.3. The molecule has 1 aromatic carbocycles. The van der Waals surface area contributed by atoms with Crippen LogP contribution in [0.1, 0.15) is 41.7 Å². The molecule has 3 heterocycles. The number of hydrogen-bond donors (Lipinski definition) is 1. The molecule has 0 aliphatic carbocycles. The van der Waals surface area contributed by atoms with Crippen LogP contribution in [0.5, 0.6) is 0 Å². The van der Waals surface area contributed by atoms with Crippen LogP contribution in [-0.4, -0.2) is 37.4 Å². The summed E-state index contributed by atoms with van der Waals surface area (Å²) in [6, 6.07) is 9.08. The van der Waals surface area contributed by atoms with Gasteiger partial charge in [0.15, 0.2) is 0 Å². The summed E-state index contributed by atoms with van der Waals surface area (Å²) >= 11 is 1.55. The third-order valence-electron chi connectivity index (χ3n) is 5.10. The predicted octanol–water partition coefficient (Wildman–Crippen LogP) is 2.94. The van der Waals surface area contributed by atoms with Crippen LogP contribution in [0.15, 0.2) is 46.1 Å². The van der Waals surface area contributed by atoms with Gasteiger partial charge in [-0.25, -0.2) is 14.8 Å². The van der Waals surface area contributed by atoms with E-state index in [1.807, 2.05) is 38.1 Å². The molecule has 1 atom stereocenters. The van der Waals surface area contributed by atoms with Crippen LogP contribution >= 0.6 is 11.3 Å². The lowest BCUT2D eigenvalue weighted by atomic mass is 10.2. The zero-order valence-corrected chi connectivity index (χ0v) is 17.7. The van der Waals surface area contributed by atoms with Crippen molar-refractivity contribution in [2.75, 3.05) is 7.05 Å². The number of fused-ring (bicyclic) bond motifs is 2. The van der Waals surface area contributed by atoms with Crippen molar-refractivity contribution >= 4 is 38.5 Å². The summed E-state index contributed by atoms with van der Waals surface area (Å²) < 4.78 is 2.48. The molecule has 0 saturated heterocycles. The molecule has 154 valence electrons. The van der Waals surface area contributed by atoms with Crippen molar-refractivity contribution in [2.45, 2.75) is 32.9 Å². The fraction of sp³-hybridized carbons (Fsp3) is 0.286. The minimum absolute atomic E-state index is 0.218. The molecule has 0 fully saturated rings. The van der Waals surface area contributed by atoms with E-state index in [-0.39, 0.29) is 28.5 Å². The maximum Gasteiger partial charge on any atom is 0.329 e. The van der Waals surface area contributed by atoms with E-state index in [0.717, 1.165) is 15.2 Å². The highest BCUT2D eigenvalue weighted by Crippen LogP contribution is 2.29. The first-order chi connectivity index (χ1) is 14.4. The lowest BCUT2D eigenvalue weighted by Crippen LogP contribution is -2.32. The van der Waals surface area contributed by atoms with Gasteiger partial charge in [0.05, 0.1) is 27.2 Å². The minimum Gasteiger partial charge on any atom is -0.332 e. The molecule has 0 saturated carbocycles. The lowest BCUT2D eigenvalue weighted by Gasteiger charge is -2.23. The van der Waals surface area contributed by atoms with Crippen LogP contribution in [0.2, 0.25) is 0 Å². The minimum atomic E-state index is -0.550. The quantitative estimate of drug-likeness (QED) is 0.532. The van der Waals surface area contributed by atoms with E-state index in [4.69, 9.17) is 0 Å². The second-order valence-electron chi connectivity index (χ2n) is 7.12. The number of hydrogen-bond acceptors (Lipinski definition) is 6.